The zero-order valence-corrected chi connectivity index (χ0v) is 12.8. The van der Waals surface area contributed by atoms with Crippen LogP contribution < -0.4 is 21.7 Å². The minimum absolute atomic E-state index is 0. The smallest absolute Gasteiger partial charge is 1.00 e. The number of hydrogen-bond donors (Lipinski definition) is 0. The van der Waals surface area contributed by atoms with Crippen LogP contribution >= 0.6 is 0 Å². The predicted octanol–water partition coefficient (Wildman–Crippen LogP) is -0.00259. The second kappa shape index (κ2) is 8.56. The number of para-hydroxylation sites is 1. The van der Waals surface area contributed by atoms with Crippen LogP contribution in [0.3, 0.4) is 0 Å². The van der Waals surface area contributed by atoms with E-state index < -0.39 is 0 Å². The van der Waals surface area contributed by atoms with E-state index in [1.807, 2.05) is 36.4 Å². The number of hydrogen-bond acceptors (Lipinski definition) is 1. The van der Waals surface area contributed by atoms with E-state index in [-0.39, 0.29) is 40.0 Å². The van der Waals surface area contributed by atoms with Gasteiger partial charge in [0.15, 0.2) is 0 Å². The quantitative estimate of drug-likeness (QED) is 0.573. The van der Waals surface area contributed by atoms with Gasteiger partial charge in [-0.05, 0) is 18.1 Å². The zero-order chi connectivity index (χ0) is 10.5. The van der Waals surface area contributed by atoms with Crippen LogP contribution in [0, 0.1) is 13.0 Å². The summed E-state index contributed by atoms with van der Waals surface area (Å²) in [6.07, 6.45) is 0. The van der Waals surface area contributed by atoms with Gasteiger partial charge in [0.1, 0.15) is 6.61 Å². The van der Waals surface area contributed by atoms with Crippen LogP contribution in [0.2, 0.25) is 0 Å². The van der Waals surface area contributed by atoms with E-state index in [0.29, 0.717) is 6.61 Å². The molecule has 0 heterocycles. The second-order valence-electron chi connectivity index (χ2n) is 3.44. The molecule has 0 N–H and O–H groups in total. The second-order valence-corrected chi connectivity index (χ2v) is 3.44. The molecular formula is C14H13BrMgO. The first-order chi connectivity index (χ1) is 7.36. The molecule has 84 valence electrons. The van der Waals surface area contributed by atoms with E-state index >= 15 is 0 Å². The monoisotopic (exact) mass is 300 g/mol. The fourth-order valence-electron chi connectivity index (χ4n) is 1.39. The Balaban J connectivity index is 0.00000128. The molecule has 2 aromatic rings. The van der Waals surface area contributed by atoms with Gasteiger partial charge in [-0.1, -0.05) is 24.3 Å². The molecule has 0 atom stereocenters. The van der Waals surface area contributed by atoms with Crippen molar-refractivity contribution in [1.82, 2.24) is 0 Å². The normalized spacial score (nSPS) is 8.76. The summed E-state index contributed by atoms with van der Waals surface area (Å²) in [5, 5.41) is 0. The topological polar surface area (TPSA) is 9.23 Å². The van der Waals surface area contributed by atoms with Gasteiger partial charge in [0.05, 0.1) is 0 Å². The van der Waals surface area contributed by atoms with Crippen LogP contribution in [-0.2, 0) is 6.61 Å². The number of benzene rings is 2. The average molecular weight is 301 g/mol. The van der Waals surface area contributed by atoms with Gasteiger partial charge >= 0.3 is 23.1 Å². The molecule has 0 saturated heterocycles. The summed E-state index contributed by atoms with van der Waals surface area (Å²) in [6, 6.07) is 18.9. The van der Waals surface area contributed by atoms with Gasteiger partial charge in [0.2, 0.25) is 0 Å². The van der Waals surface area contributed by atoms with Crippen LogP contribution in [0.25, 0.3) is 0 Å². The van der Waals surface area contributed by atoms with Crippen molar-refractivity contribution in [3.05, 3.63) is 65.7 Å². The summed E-state index contributed by atoms with van der Waals surface area (Å²) < 4.78 is 5.62. The van der Waals surface area contributed by atoms with Crippen molar-refractivity contribution in [2.24, 2.45) is 0 Å². The van der Waals surface area contributed by atoms with Gasteiger partial charge in [-0.3, -0.25) is 0 Å². The van der Waals surface area contributed by atoms with Crippen molar-refractivity contribution in [3.63, 3.8) is 0 Å². The molecular weight excluding hydrogens is 288 g/mol. The molecule has 0 aliphatic rings. The summed E-state index contributed by atoms with van der Waals surface area (Å²) >= 11 is 0. The van der Waals surface area contributed by atoms with Crippen LogP contribution in [0.15, 0.2) is 48.5 Å². The standard InChI is InChI=1S/C14H13O.BrH.Mg/c1-12-7-5-6-8-13(12)11-15-14-9-3-2-4-10-14;;/h2-9H,11H2,1H3;1H;/q-1;;+2/p-1. The van der Waals surface area contributed by atoms with E-state index in [0.717, 1.165) is 5.75 Å². The first-order valence-corrected chi connectivity index (χ1v) is 5.00. The van der Waals surface area contributed by atoms with Crippen LogP contribution in [0.1, 0.15) is 11.1 Å². The van der Waals surface area contributed by atoms with Gasteiger partial charge in [-0.15, -0.1) is 12.1 Å². The Morgan fingerprint density at radius 2 is 1.76 bits per heavy atom. The van der Waals surface area contributed by atoms with Gasteiger partial charge in [0.25, 0.3) is 0 Å². The van der Waals surface area contributed by atoms with E-state index in [1.165, 1.54) is 11.1 Å². The van der Waals surface area contributed by atoms with E-state index in [9.17, 15) is 0 Å². The summed E-state index contributed by atoms with van der Waals surface area (Å²) in [6.45, 7) is 2.70. The molecule has 2 aromatic carbocycles. The summed E-state index contributed by atoms with van der Waals surface area (Å²) in [4.78, 5) is 0. The molecule has 0 aliphatic carbocycles. The van der Waals surface area contributed by atoms with Gasteiger partial charge in [0, 0.05) is 5.75 Å². The van der Waals surface area contributed by atoms with Crippen molar-refractivity contribution in [2.75, 3.05) is 0 Å². The number of aryl methyl sites for hydroxylation is 1. The van der Waals surface area contributed by atoms with Crippen LogP contribution in [-0.4, -0.2) is 23.1 Å². The maximum absolute atomic E-state index is 5.62. The molecule has 0 aromatic heterocycles. The maximum atomic E-state index is 5.62. The van der Waals surface area contributed by atoms with Gasteiger partial charge < -0.3 is 21.7 Å². The Hall–Kier alpha value is -0.514. The van der Waals surface area contributed by atoms with E-state index in [2.05, 4.69) is 25.1 Å². The minimum atomic E-state index is 0. The maximum Gasteiger partial charge on any atom is 2.00 e. The molecule has 0 unspecified atom stereocenters. The largest absolute Gasteiger partial charge is 2.00 e. The fraction of sp³-hybridized carbons (Fsp3) is 0.143. The first kappa shape index (κ1) is 16.5. The van der Waals surface area contributed by atoms with Gasteiger partial charge in [-0.2, -0.15) is 18.2 Å². The predicted molar refractivity (Wildman–Crippen MR) is 66.5 cm³/mol. The fourth-order valence-corrected chi connectivity index (χ4v) is 1.39. The van der Waals surface area contributed by atoms with Crippen molar-refractivity contribution < 1.29 is 21.7 Å². The van der Waals surface area contributed by atoms with Crippen molar-refractivity contribution in [1.29, 1.82) is 0 Å². The van der Waals surface area contributed by atoms with Crippen molar-refractivity contribution >= 4 is 23.1 Å². The summed E-state index contributed by atoms with van der Waals surface area (Å²) in [7, 11) is 0. The SMILES string of the molecule is Cc1ccccc1COc1[c-]cccc1.[Br-].[Mg+2]. The van der Waals surface area contributed by atoms with E-state index in [1.54, 1.807) is 0 Å². The Labute approximate surface area is 129 Å². The molecule has 0 bridgehead atoms. The molecule has 0 fully saturated rings. The Bertz CT molecular complexity index is 431. The summed E-state index contributed by atoms with van der Waals surface area (Å²) in [5.74, 6) is 0.792. The summed E-state index contributed by atoms with van der Waals surface area (Å²) in [5.41, 5.74) is 2.48. The van der Waals surface area contributed by atoms with Crippen LogP contribution in [0.4, 0.5) is 0 Å². The number of halogens is 1. The molecule has 1 nitrogen and oxygen atoms in total. The number of rotatable bonds is 3. The average Bonchev–Trinajstić information content (AvgIpc) is 2.29. The Morgan fingerprint density at radius 3 is 2.41 bits per heavy atom. The molecule has 0 aliphatic heterocycles. The first-order valence-electron chi connectivity index (χ1n) is 5.00. The van der Waals surface area contributed by atoms with Crippen molar-refractivity contribution in [2.45, 2.75) is 13.5 Å². The third-order valence-electron chi connectivity index (χ3n) is 2.32. The van der Waals surface area contributed by atoms with Crippen molar-refractivity contribution in [3.8, 4) is 5.75 Å². The molecule has 0 saturated carbocycles. The minimum Gasteiger partial charge on any atom is -1.00 e. The molecule has 0 amide bonds. The Kier molecular flexibility index (Phi) is 8.30. The molecule has 3 heteroatoms. The zero-order valence-electron chi connectivity index (χ0n) is 9.82. The molecule has 17 heavy (non-hydrogen) atoms. The third-order valence-corrected chi connectivity index (χ3v) is 2.32. The Morgan fingerprint density at radius 1 is 1.06 bits per heavy atom. The molecule has 0 radical (unpaired) electrons. The number of ether oxygens (including phenoxy) is 1. The van der Waals surface area contributed by atoms with E-state index in [4.69, 9.17) is 4.74 Å². The van der Waals surface area contributed by atoms with Crippen LogP contribution in [0.5, 0.6) is 5.75 Å². The molecule has 0 spiro atoms. The molecule has 2 rings (SSSR count). The third kappa shape index (κ3) is 5.11. The van der Waals surface area contributed by atoms with Gasteiger partial charge in [-0.25, -0.2) is 0 Å².